The van der Waals surface area contributed by atoms with Gasteiger partial charge in [-0.05, 0) is 51.5 Å². The Bertz CT molecular complexity index is 1430. The summed E-state index contributed by atoms with van der Waals surface area (Å²) in [5, 5.41) is 9.35. The second kappa shape index (κ2) is 7.09. The molecule has 0 radical (unpaired) electrons. The number of nitrogens with zero attached hydrogens (tertiary/aromatic N) is 4. The van der Waals surface area contributed by atoms with E-state index in [-0.39, 0.29) is 0 Å². The average Bonchev–Trinajstić information content (AvgIpc) is 3.25. The summed E-state index contributed by atoms with van der Waals surface area (Å²) in [4.78, 5) is 17.0. The van der Waals surface area contributed by atoms with Crippen molar-refractivity contribution in [2.24, 2.45) is 0 Å². The minimum Gasteiger partial charge on any atom is -0.496 e. The van der Waals surface area contributed by atoms with Crippen LogP contribution in [0.15, 0.2) is 35.1 Å². The number of pyridine rings is 1. The maximum Gasteiger partial charge on any atom is 0.144 e. The van der Waals surface area contributed by atoms with Gasteiger partial charge in [0.25, 0.3) is 0 Å². The van der Waals surface area contributed by atoms with Crippen LogP contribution in [0.4, 0.5) is 11.5 Å². The van der Waals surface area contributed by atoms with E-state index in [1.165, 1.54) is 0 Å². The van der Waals surface area contributed by atoms with Crippen LogP contribution >= 0.6 is 0 Å². The zero-order valence-electron chi connectivity index (χ0n) is 18.0. The number of anilines is 2. The minimum atomic E-state index is 0.667. The highest BCUT2D eigenvalue weighted by Gasteiger charge is 2.20. The van der Waals surface area contributed by atoms with Gasteiger partial charge >= 0.3 is 0 Å². The molecule has 0 saturated heterocycles. The van der Waals surface area contributed by atoms with Crippen molar-refractivity contribution < 1.29 is 9.26 Å². The predicted octanol–water partition coefficient (Wildman–Crippen LogP) is 5.15. The summed E-state index contributed by atoms with van der Waals surface area (Å²) in [6, 6.07) is 6.09. The van der Waals surface area contributed by atoms with E-state index in [0.29, 0.717) is 11.6 Å². The first-order chi connectivity index (χ1) is 14.9. The molecule has 4 heterocycles. The van der Waals surface area contributed by atoms with Gasteiger partial charge in [-0.3, -0.25) is 4.98 Å². The van der Waals surface area contributed by atoms with E-state index in [4.69, 9.17) is 9.26 Å². The maximum absolute atomic E-state index is 5.75. The summed E-state index contributed by atoms with van der Waals surface area (Å²) in [5.41, 5.74) is 6.28. The van der Waals surface area contributed by atoms with Gasteiger partial charge in [-0.25, -0.2) is 9.97 Å². The van der Waals surface area contributed by atoms with Gasteiger partial charge < -0.3 is 19.6 Å². The molecule has 0 saturated carbocycles. The molecule has 0 unspecified atom stereocenters. The molecule has 0 atom stereocenters. The predicted molar refractivity (Wildman–Crippen MR) is 120 cm³/mol. The molecule has 8 heteroatoms. The van der Waals surface area contributed by atoms with Crippen molar-refractivity contribution in [3.05, 3.63) is 53.4 Å². The molecule has 0 aliphatic carbocycles. The molecule has 5 rings (SSSR count). The van der Waals surface area contributed by atoms with Crippen molar-refractivity contribution in [2.45, 2.75) is 27.7 Å². The topological polar surface area (TPSA) is 102 Å². The van der Waals surface area contributed by atoms with Crippen molar-refractivity contribution in [2.75, 3.05) is 12.4 Å². The molecule has 156 valence electrons. The Hall–Kier alpha value is -3.94. The number of rotatable bonds is 4. The first-order valence-electron chi connectivity index (χ1n) is 9.94. The van der Waals surface area contributed by atoms with E-state index in [2.05, 4.69) is 36.5 Å². The third-order valence-corrected chi connectivity index (χ3v) is 5.32. The Morgan fingerprint density at radius 3 is 2.58 bits per heavy atom. The summed E-state index contributed by atoms with van der Waals surface area (Å²) < 4.78 is 11.1. The standard InChI is InChI=1S/C23H22N6O2/c1-11-6-15(10-24-9-11)27-22-21-16-8-19(30-5)17(20-12(2)29-31-13(20)3)7-18(16)28-23(21)26-14(4)25-22/h6-10H,1-5H3,(H2,25,26,27,28). The third kappa shape index (κ3) is 3.16. The molecule has 8 nitrogen and oxygen atoms in total. The third-order valence-electron chi connectivity index (χ3n) is 5.32. The summed E-state index contributed by atoms with van der Waals surface area (Å²) >= 11 is 0. The second-order valence-corrected chi connectivity index (χ2v) is 7.64. The number of aromatic nitrogens is 5. The normalized spacial score (nSPS) is 11.4. The number of H-pyrrole nitrogens is 1. The summed E-state index contributed by atoms with van der Waals surface area (Å²) in [6.07, 6.45) is 3.60. The molecule has 1 aromatic carbocycles. The zero-order chi connectivity index (χ0) is 21.7. The number of hydrogen-bond donors (Lipinski definition) is 2. The van der Waals surface area contributed by atoms with Crippen LogP contribution < -0.4 is 10.1 Å². The van der Waals surface area contributed by atoms with Crippen LogP contribution in [0.5, 0.6) is 5.75 Å². The Kier molecular flexibility index (Phi) is 4.35. The Morgan fingerprint density at radius 2 is 1.87 bits per heavy atom. The smallest absolute Gasteiger partial charge is 0.144 e. The van der Waals surface area contributed by atoms with Crippen LogP contribution in [0.2, 0.25) is 0 Å². The monoisotopic (exact) mass is 414 g/mol. The van der Waals surface area contributed by atoms with E-state index < -0.39 is 0 Å². The Morgan fingerprint density at radius 1 is 1.03 bits per heavy atom. The van der Waals surface area contributed by atoms with Gasteiger partial charge in [0, 0.05) is 22.7 Å². The molecule has 5 aromatic rings. The van der Waals surface area contributed by atoms with Crippen LogP contribution in [0.3, 0.4) is 0 Å². The number of ether oxygens (including phenoxy) is 1. The van der Waals surface area contributed by atoms with Crippen LogP contribution in [-0.2, 0) is 0 Å². The molecule has 0 aliphatic heterocycles. The van der Waals surface area contributed by atoms with Gasteiger partial charge in [-0.15, -0.1) is 0 Å². The molecular formula is C23H22N6O2. The van der Waals surface area contributed by atoms with Crippen molar-refractivity contribution in [1.82, 2.24) is 25.1 Å². The molecule has 31 heavy (non-hydrogen) atoms. The van der Waals surface area contributed by atoms with Gasteiger partial charge in [-0.2, -0.15) is 0 Å². The van der Waals surface area contributed by atoms with Gasteiger partial charge in [0.15, 0.2) is 0 Å². The van der Waals surface area contributed by atoms with Crippen molar-refractivity contribution in [3.8, 4) is 16.9 Å². The number of methoxy groups -OCH3 is 1. The van der Waals surface area contributed by atoms with Crippen molar-refractivity contribution in [3.63, 3.8) is 0 Å². The summed E-state index contributed by atoms with van der Waals surface area (Å²) in [7, 11) is 1.66. The van der Waals surface area contributed by atoms with E-state index in [9.17, 15) is 0 Å². The SMILES string of the molecule is COc1cc2c(cc1-c1c(C)noc1C)[nH]c1nc(C)nc(Nc3cncc(C)c3)c12. The Balaban J connectivity index is 1.76. The molecule has 0 bridgehead atoms. The van der Waals surface area contributed by atoms with E-state index >= 15 is 0 Å². The highest BCUT2D eigenvalue weighted by Crippen LogP contribution is 2.40. The van der Waals surface area contributed by atoms with Gasteiger partial charge in [-0.1, -0.05) is 5.16 Å². The van der Waals surface area contributed by atoms with Crippen molar-refractivity contribution >= 4 is 33.4 Å². The lowest BCUT2D eigenvalue weighted by Gasteiger charge is -2.10. The van der Waals surface area contributed by atoms with Crippen LogP contribution in [0.1, 0.15) is 22.8 Å². The summed E-state index contributed by atoms with van der Waals surface area (Å²) in [6.45, 7) is 7.70. The van der Waals surface area contributed by atoms with E-state index in [1.54, 1.807) is 13.3 Å². The fourth-order valence-electron chi connectivity index (χ4n) is 4.02. The molecule has 0 aliphatic rings. The van der Waals surface area contributed by atoms with Gasteiger partial charge in [0.05, 0.1) is 35.6 Å². The lowest BCUT2D eigenvalue weighted by atomic mass is 10.0. The minimum absolute atomic E-state index is 0.667. The molecule has 2 N–H and O–H groups in total. The van der Waals surface area contributed by atoms with Crippen LogP contribution in [0, 0.1) is 27.7 Å². The number of hydrogen-bond acceptors (Lipinski definition) is 7. The second-order valence-electron chi connectivity index (χ2n) is 7.64. The number of aryl methyl sites for hydroxylation is 4. The highest BCUT2D eigenvalue weighted by molar-refractivity contribution is 6.13. The van der Waals surface area contributed by atoms with E-state index in [1.807, 2.05) is 46.0 Å². The molecule has 4 aromatic heterocycles. The Labute approximate surface area is 178 Å². The fourth-order valence-corrected chi connectivity index (χ4v) is 4.02. The molecule has 0 fully saturated rings. The van der Waals surface area contributed by atoms with Gasteiger partial charge in [0.2, 0.25) is 0 Å². The first-order valence-corrected chi connectivity index (χ1v) is 9.94. The molecule has 0 spiro atoms. The lowest BCUT2D eigenvalue weighted by Crippen LogP contribution is -1.99. The van der Waals surface area contributed by atoms with Crippen molar-refractivity contribution in [1.29, 1.82) is 0 Å². The quantitative estimate of drug-likeness (QED) is 0.419. The highest BCUT2D eigenvalue weighted by atomic mass is 16.5. The lowest BCUT2D eigenvalue weighted by molar-refractivity contribution is 0.393. The largest absolute Gasteiger partial charge is 0.496 e. The number of benzene rings is 1. The molecule has 0 amide bonds. The summed E-state index contributed by atoms with van der Waals surface area (Å²) in [5.74, 6) is 2.86. The number of nitrogens with one attached hydrogen (secondary N) is 2. The van der Waals surface area contributed by atoms with Crippen LogP contribution in [0.25, 0.3) is 33.1 Å². The number of aromatic amines is 1. The van der Waals surface area contributed by atoms with Gasteiger partial charge in [0.1, 0.15) is 28.8 Å². The average molecular weight is 414 g/mol. The van der Waals surface area contributed by atoms with E-state index in [0.717, 1.165) is 61.5 Å². The first kappa shape index (κ1) is 19.0. The molecular weight excluding hydrogens is 392 g/mol. The fraction of sp³-hybridized carbons (Fsp3) is 0.217. The maximum atomic E-state index is 5.75. The zero-order valence-corrected chi connectivity index (χ0v) is 18.0. The van der Waals surface area contributed by atoms with Crippen LogP contribution in [-0.4, -0.2) is 32.2 Å². The number of fused-ring (bicyclic) bond motifs is 3.